The molecule has 0 aliphatic carbocycles. The molecule has 0 spiro atoms. The first-order valence-electron chi connectivity index (χ1n) is 6.72. The summed E-state index contributed by atoms with van der Waals surface area (Å²) in [5.74, 6) is 5.74. The van der Waals surface area contributed by atoms with Gasteiger partial charge in [-0.15, -0.1) is 0 Å². The van der Waals surface area contributed by atoms with E-state index in [0.717, 1.165) is 5.69 Å². The normalized spacial score (nSPS) is 8.59. The maximum absolute atomic E-state index is 8.63. The Kier molecular flexibility index (Phi) is 8.35. The molecule has 0 amide bonds. The lowest BCUT2D eigenvalue weighted by Gasteiger charge is -1.94. The molecule has 0 unspecified atom stereocenters. The van der Waals surface area contributed by atoms with Gasteiger partial charge in [0.25, 0.3) is 0 Å². The molecule has 0 atom stereocenters. The Morgan fingerprint density at radius 3 is 1.05 bits per heavy atom. The van der Waals surface area contributed by atoms with Crippen LogP contribution < -0.4 is 11.3 Å². The van der Waals surface area contributed by atoms with Gasteiger partial charge in [-0.1, -0.05) is 54.6 Å². The molecule has 22 heavy (non-hydrogen) atoms. The van der Waals surface area contributed by atoms with E-state index < -0.39 is 0 Å². The monoisotopic (exact) mass is 296 g/mol. The Balaban J connectivity index is 0.000000166. The third-order valence-electron chi connectivity index (χ3n) is 2.45. The molecule has 0 radical (unpaired) electrons. The summed E-state index contributed by atoms with van der Waals surface area (Å²) in [7, 11) is 0. The highest BCUT2D eigenvalue weighted by atomic mass is 16.3. The molecule has 0 aliphatic rings. The van der Waals surface area contributed by atoms with E-state index in [1.807, 2.05) is 42.5 Å². The number of hydrogen-bond donors (Lipinski definition) is 4. The average molecular weight is 296 g/mol. The summed E-state index contributed by atoms with van der Waals surface area (Å²) in [5.41, 5.74) is 3.46. The van der Waals surface area contributed by atoms with E-state index in [1.165, 1.54) is 0 Å². The third-order valence-corrected chi connectivity index (χ3v) is 2.45. The minimum atomic E-state index is 0.322. The second kappa shape index (κ2) is 10.8. The van der Waals surface area contributed by atoms with Gasteiger partial charge in [-0.05, 0) is 36.4 Å². The van der Waals surface area contributed by atoms with Crippen LogP contribution >= 0.6 is 0 Å². The second-order valence-electron chi connectivity index (χ2n) is 4.18. The van der Waals surface area contributed by atoms with Crippen LogP contribution in [0, 0.1) is 0 Å². The van der Waals surface area contributed by atoms with Crippen molar-refractivity contribution >= 4 is 5.69 Å². The molecular weight excluding hydrogens is 276 g/mol. The van der Waals surface area contributed by atoms with Gasteiger partial charge >= 0.3 is 0 Å². The Labute approximate surface area is 130 Å². The zero-order chi connectivity index (χ0) is 16.0. The highest BCUT2D eigenvalue weighted by molar-refractivity contribution is 5.40. The summed E-state index contributed by atoms with van der Waals surface area (Å²) in [4.78, 5) is 0. The van der Waals surface area contributed by atoms with Gasteiger partial charge in [0.2, 0.25) is 0 Å². The summed E-state index contributed by atoms with van der Waals surface area (Å²) < 4.78 is 0. The van der Waals surface area contributed by atoms with E-state index in [-0.39, 0.29) is 0 Å². The van der Waals surface area contributed by atoms with E-state index >= 15 is 0 Å². The number of anilines is 1. The number of aromatic hydroxyl groups is 2. The number of phenolic OH excluding ortho intramolecular Hbond substituents is 2. The predicted octanol–water partition coefficient (Wildman–Crippen LogP) is 3.76. The maximum Gasteiger partial charge on any atom is 0.115 e. The predicted molar refractivity (Wildman–Crippen MR) is 90.5 cm³/mol. The zero-order valence-electron chi connectivity index (χ0n) is 12.1. The van der Waals surface area contributed by atoms with E-state index in [9.17, 15) is 0 Å². The largest absolute Gasteiger partial charge is 0.508 e. The first kappa shape index (κ1) is 17.1. The minimum Gasteiger partial charge on any atom is -0.508 e. The summed E-state index contributed by atoms with van der Waals surface area (Å²) in [6.45, 7) is 0. The minimum absolute atomic E-state index is 0.322. The van der Waals surface area contributed by atoms with Gasteiger partial charge in [-0.3, -0.25) is 5.84 Å². The SMILES string of the molecule is NNc1ccccc1.Oc1ccccc1.Oc1ccccc1. The third kappa shape index (κ3) is 8.24. The lowest BCUT2D eigenvalue weighted by molar-refractivity contribution is 0.475. The maximum atomic E-state index is 8.63. The number of nitrogens with one attached hydrogen (secondary N) is 1. The van der Waals surface area contributed by atoms with Crippen molar-refractivity contribution in [3.05, 3.63) is 91.0 Å². The molecule has 3 aromatic rings. The number of phenols is 2. The number of hydrazine groups is 1. The topological polar surface area (TPSA) is 78.5 Å². The molecular formula is C18H20N2O2. The Bertz CT molecular complexity index is 564. The number of benzene rings is 3. The van der Waals surface area contributed by atoms with Crippen LogP contribution in [0.2, 0.25) is 0 Å². The fourth-order valence-corrected chi connectivity index (χ4v) is 1.39. The number of para-hydroxylation sites is 3. The Hall–Kier alpha value is -2.98. The summed E-state index contributed by atoms with van der Waals surface area (Å²) in [6.07, 6.45) is 0. The van der Waals surface area contributed by atoms with Crippen molar-refractivity contribution in [3.63, 3.8) is 0 Å². The van der Waals surface area contributed by atoms with Crippen LogP contribution in [0.3, 0.4) is 0 Å². The lowest BCUT2D eigenvalue weighted by Crippen LogP contribution is -2.05. The fraction of sp³-hybridized carbons (Fsp3) is 0. The van der Waals surface area contributed by atoms with Crippen LogP contribution in [0.25, 0.3) is 0 Å². The van der Waals surface area contributed by atoms with Crippen molar-refractivity contribution in [2.75, 3.05) is 5.43 Å². The van der Waals surface area contributed by atoms with E-state index in [4.69, 9.17) is 16.1 Å². The molecule has 5 N–H and O–H groups in total. The number of hydrogen-bond acceptors (Lipinski definition) is 4. The molecule has 0 saturated carbocycles. The molecule has 3 aromatic carbocycles. The van der Waals surface area contributed by atoms with Crippen molar-refractivity contribution in [1.29, 1.82) is 0 Å². The van der Waals surface area contributed by atoms with E-state index in [1.54, 1.807) is 48.5 Å². The van der Waals surface area contributed by atoms with Gasteiger partial charge in [0.1, 0.15) is 11.5 Å². The first-order chi connectivity index (χ1) is 10.7. The van der Waals surface area contributed by atoms with Crippen molar-refractivity contribution in [2.45, 2.75) is 0 Å². The quantitative estimate of drug-likeness (QED) is 0.407. The van der Waals surface area contributed by atoms with Crippen LogP contribution in [0.15, 0.2) is 91.0 Å². The van der Waals surface area contributed by atoms with Gasteiger partial charge in [-0.25, -0.2) is 0 Å². The molecule has 0 heterocycles. The fourth-order valence-electron chi connectivity index (χ4n) is 1.39. The van der Waals surface area contributed by atoms with Crippen molar-refractivity contribution in [3.8, 4) is 11.5 Å². The molecule has 0 saturated heterocycles. The van der Waals surface area contributed by atoms with Crippen molar-refractivity contribution in [1.82, 2.24) is 0 Å². The number of rotatable bonds is 1. The van der Waals surface area contributed by atoms with Crippen LogP contribution in [0.5, 0.6) is 11.5 Å². The average Bonchev–Trinajstić information content (AvgIpc) is 2.58. The van der Waals surface area contributed by atoms with Gasteiger partial charge < -0.3 is 15.6 Å². The van der Waals surface area contributed by atoms with Gasteiger partial charge in [0.05, 0.1) is 0 Å². The highest BCUT2D eigenvalue weighted by Crippen LogP contribution is 2.03. The van der Waals surface area contributed by atoms with Crippen LogP contribution in [0.4, 0.5) is 5.69 Å². The Morgan fingerprint density at radius 2 is 0.864 bits per heavy atom. The number of nitrogen functional groups attached to an aromatic ring is 1. The summed E-state index contributed by atoms with van der Waals surface area (Å²) >= 11 is 0. The molecule has 4 nitrogen and oxygen atoms in total. The molecule has 0 aromatic heterocycles. The smallest absolute Gasteiger partial charge is 0.115 e. The van der Waals surface area contributed by atoms with Crippen molar-refractivity contribution in [2.24, 2.45) is 5.84 Å². The lowest BCUT2D eigenvalue weighted by atomic mass is 10.3. The molecule has 0 fully saturated rings. The van der Waals surface area contributed by atoms with Crippen LogP contribution in [-0.2, 0) is 0 Å². The van der Waals surface area contributed by atoms with Crippen LogP contribution in [-0.4, -0.2) is 10.2 Å². The Morgan fingerprint density at radius 1 is 0.545 bits per heavy atom. The molecule has 114 valence electrons. The molecule has 0 aliphatic heterocycles. The standard InChI is InChI=1S/C6H8N2.2C6H6O/c7-8-6-4-2-1-3-5-6;2*7-6-4-2-1-3-5-6/h1-5,8H,7H2;2*1-5,7H. The van der Waals surface area contributed by atoms with E-state index in [0.29, 0.717) is 11.5 Å². The first-order valence-corrected chi connectivity index (χ1v) is 6.72. The summed E-state index contributed by atoms with van der Waals surface area (Å²) in [5, 5.41) is 17.3. The van der Waals surface area contributed by atoms with Gasteiger partial charge in [-0.2, -0.15) is 0 Å². The van der Waals surface area contributed by atoms with Gasteiger partial charge in [0, 0.05) is 5.69 Å². The van der Waals surface area contributed by atoms with Crippen LogP contribution in [0.1, 0.15) is 0 Å². The summed E-state index contributed by atoms with van der Waals surface area (Å²) in [6, 6.07) is 27.0. The van der Waals surface area contributed by atoms with Crippen molar-refractivity contribution < 1.29 is 10.2 Å². The zero-order valence-corrected chi connectivity index (χ0v) is 12.1. The van der Waals surface area contributed by atoms with E-state index in [2.05, 4.69) is 5.43 Å². The second-order valence-corrected chi connectivity index (χ2v) is 4.18. The highest BCUT2D eigenvalue weighted by Gasteiger charge is 1.78. The van der Waals surface area contributed by atoms with Gasteiger partial charge in [0.15, 0.2) is 0 Å². The number of nitrogens with two attached hydrogens (primary N) is 1. The molecule has 4 heteroatoms. The molecule has 0 bridgehead atoms. The molecule has 3 rings (SSSR count).